The van der Waals surface area contributed by atoms with E-state index in [0.717, 1.165) is 15.6 Å². The highest BCUT2D eigenvalue weighted by atomic mass is 32.1. The average molecular weight is 305 g/mol. The molecule has 0 bridgehead atoms. The molecule has 2 rings (SSSR count). The summed E-state index contributed by atoms with van der Waals surface area (Å²) in [5, 5.41) is 12.9. The van der Waals surface area contributed by atoms with Crippen LogP contribution in [0.4, 0.5) is 0 Å². The van der Waals surface area contributed by atoms with Crippen LogP contribution in [0.1, 0.15) is 35.5 Å². The van der Waals surface area contributed by atoms with Crippen LogP contribution >= 0.6 is 11.3 Å². The summed E-state index contributed by atoms with van der Waals surface area (Å²) in [6.07, 6.45) is 0.422. The number of hydrogen-bond donors (Lipinski definition) is 2. The van der Waals surface area contributed by atoms with Gasteiger partial charge in [-0.2, -0.15) is 0 Å². The highest BCUT2D eigenvalue weighted by Crippen LogP contribution is 2.30. The zero-order valence-corrected chi connectivity index (χ0v) is 13.2. The van der Waals surface area contributed by atoms with Gasteiger partial charge in [-0.25, -0.2) is 4.79 Å². The molecule has 0 fully saturated rings. The summed E-state index contributed by atoms with van der Waals surface area (Å²) < 4.78 is 1.04. The van der Waals surface area contributed by atoms with Gasteiger partial charge in [0.2, 0.25) is 0 Å². The topological polar surface area (TPSA) is 66.4 Å². The van der Waals surface area contributed by atoms with Crippen LogP contribution in [-0.4, -0.2) is 23.0 Å². The third-order valence-electron chi connectivity index (χ3n) is 3.36. The van der Waals surface area contributed by atoms with Gasteiger partial charge in [0.05, 0.1) is 4.88 Å². The van der Waals surface area contributed by atoms with Crippen LogP contribution in [-0.2, 0) is 4.79 Å². The van der Waals surface area contributed by atoms with Crippen molar-refractivity contribution in [2.45, 2.75) is 33.2 Å². The zero-order valence-electron chi connectivity index (χ0n) is 12.3. The maximum Gasteiger partial charge on any atom is 0.326 e. The first kappa shape index (κ1) is 15.5. The summed E-state index contributed by atoms with van der Waals surface area (Å²) in [5.74, 6) is -1.09. The van der Waals surface area contributed by atoms with Crippen molar-refractivity contribution in [2.24, 2.45) is 5.92 Å². The number of amides is 1. The number of carboxylic acid groups (broad SMARTS) is 1. The van der Waals surface area contributed by atoms with Crippen LogP contribution in [0.5, 0.6) is 0 Å². The SMILES string of the molecule is Cc1c(C(=O)NC(CC(C)C)C(=O)O)sc2ccccc12. The second kappa shape index (κ2) is 6.26. The van der Waals surface area contributed by atoms with Crippen molar-refractivity contribution in [1.82, 2.24) is 5.32 Å². The fraction of sp³-hybridized carbons (Fsp3) is 0.375. The van der Waals surface area contributed by atoms with Gasteiger partial charge in [-0.3, -0.25) is 4.79 Å². The number of fused-ring (bicyclic) bond motifs is 1. The molecule has 1 aromatic carbocycles. The van der Waals surface area contributed by atoms with E-state index in [4.69, 9.17) is 0 Å². The monoisotopic (exact) mass is 305 g/mol. The molecule has 1 atom stereocenters. The number of benzene rings is 1. The molecule has 0 aliphatic carbocycles. The smallest absolute Gasteiger partial charge is 0.326 e. The Morgan fingerprint density at radius 1 is 1.29 bits per heavy atom. The van der Waals surface area contributed by atoms with E-state index in [9.17, 15) is 14.7 Å². The first-order valence-corrected chi connectivity index (χ1v) is 7.73. The highest BCUT2D eigenvalue weighted by Gasteiger charge is 2.24. The first-order chi connectivity index (χ1) is 9.90. The van der Waals surface area contributed by atoms with Gasteiger partial charge >= 0.3 is 5.97 Å². The van der Waals surface area contributed by atoms with E-state index in [1.807, 2.05) is 45.0 Å². The second-order valence-corrected chi connectivity index (χ2v) is 6.60. The summed E-state index contributed by atoms with van der Waals surface area (Å²) in [5.41, 5.74) is 0.904. The predicted octanol–water partition coefficient (Wildman–Crippen LogP) is 3.44. The summed E-state index contributed by atoms with van der Waals surface area (Å²) in [6.45, 7) is 5.77. The molecule has 1 unspecified atom stereocenters. The lowest BCUT2D eigenvalue weighted by Crippen LogP contribution is -2.41. The maximum absolute atomic E-state index is 12.4. The summed E-state index contributed by atoms with van der Waals surface area (Å²) in [6, 6.07) is 6.95. The third kappa shape index (κ3) is 3.42. The number of carboxylic acids is 1. The van der Waals surface area contributed by atoms with Gasteiger partial charge in [0.25, 0.3) is 5.91 Å². The molecule has 21 heavy (non-hydrogen) atoms. The Balaban J connectivity index is 2.25. The second-order valence-electron chi connectivity index (χ2n) is 5.55. The molecule has 0 saturated heterocycles. The molecular formula is C16H19NO3S. The minimum absolute atomic E-state index is 0.204. The Hall–Kier alpha value is -1.88. The molecule has 2 N–H and O–H groups in total. The number of carbonyl (C=O) groups is 2. The van der Waals surface area contributed by atoms with E-state index in [1.54, 1.807) is 0 Å². The molecule has 0 spiro atoms. The van der Waals surface area contributed by atoms with Gasteiger partial charge in [0, 0.05) is 4.70 Å². The van der Waals surface area contributed by atoms with Crippen LogP contribution in [0.25, 0.3) is 10.1 Å². The lowest BCUT2D eigenvalue weighted by Gasteiger charge is -2.16. The molecule has 4 nitrogen and oxygen atoms in total. The predicted molar refractivity (Wildman–Crippen MR) is 84.9 cm³/mol. The normalized spacial score (nSPS) is 12.6. The van der Waals surface area contributed by atoms with E-state index < -0.39 is 12.0 Å². The molecule has 0 aliphatic rings. The quantitative estimate of drug-likeness (QED) is 0.889. The number of carbonyl (C=O) groups excluding carboxylic acids is 1. The van der Waals surface area contributed by atoms with Gasteiger partial charge in [-0.1, -0.05) is 32.0 Å². The number of rotatable bonds is 5. The Morgan fingerprint density at radius 3 is 2.52 bits per heavy atom. The molecule has 1 heterocycles. The molecule has 0 saturated carbocycles. The summed E-state index contributed by atoms with van der Waals surface area (Å²) in [7, 11) is 0. The lowest BCUT2D eigenvalue weighted by molar-refractivity contribution is -0.139. The number of aliphatic carboxylic acids is 1. The van der Waals surface area contributed by atoms with Gasteiger partial charge in [-0.05, 0) is 36.3 Å². The van der Waals surface area contributed by atoms with Crippen molar-refractivity contribution in [1.29, 1.82) is 0 Å². The molecule has 2 aromatic rings. The van der Waals surface area contributed by atoms with Gasteiger partial charge in [0.1, 0.15) is 6.04 Å². The van der Waals surface area contributed by atoms with E-state index in [0.29, 0.717) is 11.3 Å². The van der Waals surface area contributed by atoms with Crippen molar-refractivity contribution in [2.75, 3.05) is 0 Å². The Kier molecular flexibility index (Phi) is 4.63. The Labute approximate surface area is 127 Å². The number of thiophene rings is 1. The molecule has 1 aromatic heterocycles. The number of hydrogen-bond acceptors (Lipinski definition) is 3. The van der Waals surface area contributed by atoms with E-state index in [2.05, 4.69) is 5.32 Å². The van der Waals surface area contributed by atoms with Crippen LogP contribution < -0.4 is 5.32 Å². The minimum atomic E-state index is -0.990. The van der Waals surface area contributed by atoms with Crippen LogP contribution in [0.15, 0.2) is 24.3 Å². The highest BCUT2D eigenvalue weighted by molar-refractivity contribution is 7.21. The number of aryl methyl sites for hydroxylation is 1. The molecule has 5 heteroatoms. The fourth-order valence-corrected chi connectivity index (χ4v) is 3.42. The largest absolute Gasteiger partial charge is 0.480 e. The van der Waals surface area contributed by atoms with Crippen molar-refractivity contribution >= 4 is 33.3 Å². The zero-order chi connectivity index (χ0) is 15.6. The van der Waals surface area contributed by atoms with Crippen molar-refractivity contribution < 1.29 is 14.7 Å². The Morgan fingerprint density at radius 2 is 1.95 bits per heavy atom. The van der Waals surface area contributed by atoms with Crippen molar-refractivity contribution in [3.8, 4) is 0 Å². The summed E-state index contributed by atoms with van der Waals surface area (Å²) in [4.78, 5) is 24.2. The Bertz CT molecular complexity index is 675. The van der Waals surface area contributed by atoms with Gasteiger partial charge in [-0.15, -0.1) is 11.3 Å². The van der Waals surface area contributed by atoms with E-state index in [1.165, 1.54) is 11.3 Å². The van der Waals surface area contributed by atoms with Gasteiger partial charge in [0.15, 0.2) is 0 Å². The van der Waals surface area contributed by atoms with Crippen molar-refractivity contribution in [3.05, 3.63) is 34.7 Å². The fourth-order valence-electron chi connectivity index (χ4n) is 2.31. The minimum Gasteiger partial charge on any atom is -0.480 e. The maximum atomic E-state index is 12.4. The van der Waals surface area contributed by atoms with Crippen molar-refractivity contribution in [3.63, 3.8) is 0 Å². The number of nitrogens with one attached hydrogen (secondary N) is 1. The molecule has 112 valence electrons. The van der Waals surface area contributed by atoms with Crippen LogP contribution in [0.2, 0.25) is 0 Å². The van der Waals surface area contributed by atoms with Crippen LogP contribution in [0, 0.1) is 12.8 Å². The van der Waals surface area contributed by atoms with E-state index >= 15 is 0 Å². The third-order valence-corrected chi connectivity index (χ3v) is 4.63. The van der Waals surface area contributed by atoms with E-state index in [-0.39, 0.29) is 11.8 Å². The van der Waals surface area contributed by atoms with Gasteiger partial charge < -0.3 is 10.4 Å². The molecular weight excluding hydrogens is 286 g/mol. The molecule has 0 radical (unpaired) electrons. The molecule has 1 amide bonds. The lowest BCUT2D eigenvalue weighted by atomic mass is 10.0. The summed E-state index contributed by atoms with van der Waals surface area (Å²) >= 11 is 1.40. The standard InChI is InChI=1S/C16H19NO3S/c1-9(2)8-12(16(19)20)17-15(18)14-10(3)11-6-4-5-7-13(11)21-14/h4-7,9,12H,8H2,1-3H3,(H,17,18)(H,19,20). The first-order valence-electron chi connectivity index (χ1n) is 6.92. The average Bonchev–Trinajstić information content (AvgIpc) is 2.75. The van der Waals surface area contributed by atoms with Crippen LogP contribution in [0.3, 0.4) is 0 Å². The molecule has 0 aliphatic heterocycles.